The van der Waals surface area contributed by atoms with Crippen LogP contribution in [0, 0.1) is 12.8 Å². The maximum Gasteiger partial charge on any atom is 0.257 e. The number of rotatable bonds is 5. The number of hydrogen-bond donors (Lipinski definition) is 2. The van der Waals surface area contributed by atoms with Gasteiger partial charge in [0, 0.05) is 24.5 Å². The summed E-state index contributed by atoms with van der Waals surface area (Å²) in [5, 5.41) is 9.72. The molecule has 160 valence electrons. The van der Waals surface area contributed by atoms with Crippen molar-refractivity contribution in [2.45, 2.75) is 19.8 Å². The summed E-state index contributed by atoms with van der Waals surface area (Å²) in [7, 11) is 1.65. The highest BCUT2D eigenvalue weighted by Gasteiger charge is 2.30. The molecule has 1 aliphatic heterocycles. The summed E-state index contributed by atoms with van der Waals surface area (Å²) >= 11 is 0. The number of ether oxygens (including phenoxy) is 1. The molecule has 2 heterocycles. The van der Waals surface area contributed by atoms with Crippen molar-refractivity contribution in [3.8, 4) is 16.9 Å². The molecule has 3 aromatic rings. The van der Waals surface area contributed by atoms with Crippen molar-refractivity contribution in [1.29, 1.82) is 0 Å². The number of aromatic amines is 1. The van der Waals surface area contributed by atoms with E-state index in [-0.39, 0.29) is 17.7 Å². The van der Waals surface area contributed by atoms with Crippen molar-refractivity contribution < 1.29 is 14.3 Å². The van der Waals surface area contributed by atoms with Gasteiger partial charge >= 0.3 is 0 Å². The molecule has 2 aromatic carbocycles. The van der Waals surface area contributed by atoms with Crippen molar-refractivity contribution in [1.82, 2.24) is 15.1 Å². The van der Waals surface area contributed by atoms with Gasteiger partial charge in [-0.15, -0.1) is 0 Å². The number of aromatic nitrogens is 2. The fourth-order valence-corrected chi connectivity index (χ4v) is 3.91. The molecule has 7 nitrogen and oxygen atoms in total. The first kappa shape index (κ1) is 20.7. The van der Waals surface area contributed by atoms with Gasteiger partial charge in [0.05, 0.1) is 24.8 Å². The summed E-state index contributed by atoms with van der Waals surface area (Å²) in [5.41, 5.74) is 4.14. The Morgan fingerprint density at radius 3 is 2.68 bits per heavy atom. The minimum Gasteiger partial charge on any atom is -0.497 e. The zero-order valence-corrected chi connectivity index (χ0v) is 17.7. The molecule has 31 heavy (non-hydrogen) atoms. The molecule has 0 spiro atoms. The number of H-pyrrole nitrogens is 1. The molecule has 1 atom stereocenters. The molecule has 2 amide bonds. The largest absolute Gasteiger partial charge is 0.497 e. The number of benzene rings is 2. The molecule has 0 bridgehead atoms. The summed E-state index contributed by atoms with van der Waals surface area (Å²) in [4.78, 5) is 27.3. The van der Waals surface area contributed by atoms with Crippen molar-refractivity contribution in [2.24, 2.45) is 5.92 Å². The smallest absolute Gasteiger partial charge is 0.257 e. The number of likely N-dealkylation sites (tertiary alicyclic amines) is 1. The molecular weight excluding hydrogens is 392 g/mol. The second kappa shape index (κ2) is 9.04. The summed E-state index contributed by atoms with van der Waals surface area (Å²) in [5.74, 6) is 0.432. The Kier molecular flexibility index (Phi) is 6.02. The molecule has 0 radical (unpaired) electrons. The maximum atomic E-state index is 12.8. The standard InChI is InChI=1S/C24H26N4O3/c1-16-22(14-25-27-16)24(30)28-12-4-6-19(15-28)23(29)26-20-10-8-17(9-11-20)18-5-3-7-21(13-18)31-2/h3,5,7-11,13-14,19H,4,6,12,15H2,1-2H3,(H,25,27)(H,26,29)/t19-/m0/s1. The van der Waals surface area contributed by atoms with Crippen LogP contribution < -0.4 is 10.1 Å². The lowest BCUT2D eigenvalue weighted by Gasteiger charge is -2.32. The van der Waals surface area contributed by atoms with Gasteiger partial charge in [0.25, 0.3) is 5.91 Å². The number of methoxy groups -OCH3 is 1. The van der Waals surface area contributed by atoms with Crippen LogP contribution in [0.25, 0.3) is 11.1 Å². The van der Waals surface area contributed by atoms with E-state index in [4.69, 9.17) is 4.74 Å². The highest BCUT2D eigenvalue weighted by molar-refractivity contribution is 5.97. The molecule has 4 rings (SSSR count). The zero-order chi connectivity index (χ0) is 21.8. The van der Waals surface area contributed by atoms with E-state index in [1.54, 1.807) is 18.2 Å². The Balaban J connectivity index is 1.39. The van der Waals surface area contributed by atoms with Gasteiger partial charge in [0.15, 0.2) is 0 Å². The number of piperidine rings is 1. The monoisotopic (exact) mass is 418 g/mol. The van der Waals surface area contributed by atoms with E-state index in [1.807, 2.05) is 55.5 Å². The van der Waals surface area contributed by atoms with Crippen LogP contribution >= 0.6 is 0 Å². The second-order valence-corrected chi connectivity index (χ2v) is 7.80. The molecule has 1 fully saturated rings. The van der Waals surface area contributed by atoms with Crippen LogP contribution in [0.3, 0.4) is 0 Å². The molecule has 7 heteroatoms. The highest BCUT2D eigenvalue weighted by Crippen LogP contribution is 2.26. The summed E-state index contributed by atoms with van der Waals surface area (Å²) in [6.07, 6.45) is 3.11. The first-order chi connectivity index (χ1) is 15.0. The molecule has 0 aliphatic carbocycles. The van der Waals surface area contributed by atoms with Crippen molar-refractivity contribution in [3.63, 3.8) is 0 Å². The molecular formula is C24H26N4O3. The van der Waals surface area contributed by atoms with Crippen molar-refractivity contribution in [2.75, 3.05) is 25.5 Å². The highest BCUT2D eigenvalue weighted by atomic mass is 16.5. The third-order valence-corrected chi connectivity index (χ3v) is 5.70. The molecule has 1 saturated heterocycles. The van der Waals surface area contributed by atoms with Gasteiger partial charge in [-0.1, -0.05) is 24.3 Å². The minimum atomic E-state index is -0.233. The average Bonchev–Trinajstić information content (AvgIpc) is 3.25. The lowest BCUT2D eigenvalue weighted by molar-refractivity contribution is -0.121. The fraction of sp³-hybridized carbons (Fsp3) is 0.292. The van der Waals surface area contributed by atoms with Gasteiger partial charge in [0.2, 0.25) is 5.91 Å². The van der Waals surface area contributed by atoms with E-state index in [1.165, 1.54) is 0 Å². The van der Waals surface area contributed by atoms with Crippen LogP contribution in [0.2, 0.25) is 0 Å². The number of nitrogens with one attached hydrogen (secondary N) is 2. The van der Waals surface area contributed by atoms with Gasteiger partial charge < -0.3 is 15.0 Å². The zero-order valence-electron chi connectivity index (χ0n) is 17.7. The molecule has 0 saturated carbocycles. The van der Waals surface area contributed by atoms with Gasteiger partial charge in [0.1, 0.15) is 5.75 Å². The molecule has 0 unspecified atom stereocenters. The first-order valence-electron chi connectivity index (χ1n) is 10.4. The lowest BCUT2D eigenvalue weighted by Crippen LogP contribution is -2.43. The van der Waals surface area contributed by atoms with Crippen LogP contribution in [0.5, 0.6) is 5.75 Å². The Morgan fingerprint density at radius 1 is 1.16 bits per heavy atom. The average molecular weight is 418 g/mol. The third-order valence-electron chi connectivity index (χ3n) is 5.70. The van der Waals surface area contributed by atoms with Crippen LogP contribution in [-0.4, -0.2) is 47.1 Å². The maximum absolute atomic E-state index is 12.8. The number of carbonyl (C=O) groups excluding carboxylic acids is 2. The van der Waals surface area contributed by atoms with Gasteiger partial charge in [-0.2, -0.15) is 5.10 Å². The van der Waals surface area contributed by atoms with Crippen molar-refractivity contribution in [3.05, 3.63) is 66.0 Å². The number of anilines is 1. The van der Waals surface area contributed by atoms with Crippen LogP contribution in [0.4, 0.5) is 5.69 Å². The minimum absolute atomic E-state index is 0.0597. The topological polar surface area (TPSA) is 87.3 Å². The fourth-order valence-electron chi connectivity index (χ4n) is 3.91. The van der Waals surface area contributed by atoms with Crippen LogP contribution in [0.15, 0.2) is 54.7 Å². The predicted molar refractivity (Wildman–Crippen MR) is 119 cm³/mol. The van der Waals surface area contributed by atoms with Gasteiger partial charge in [-0.25, -0.2) is 0 Å². The van der Waals surface area contributed by atoms with E-state index in [9.17, 15) is 9.59 Å². The Labute approximate surface area is 181 Å². The van der Waals surface area contributed by atoms with E-state index in [0.29, 0.717) is 18.7 Å². The van der Waals surface area contributed by atoms with Crippen LogP contribution in [0.1, 0.15) is 28.9 Å². The number of hydrogen-bond acceptors (Lipinski definition) is 4. The third kappa shape index (κ3) is 4.60. The Hall–Kier alpha value is -3.61. The Morgan fingerprint density at radius 2 is 1.97 bits per heavy atom. The number of amides is 2. The van der Waals surface area contributed by atoms with Gasteiger partial charge in [-0.3, -0.25) is 14.7 Å². The van der Waals surface area contributed by atoms with E-state index in [0.717, 1.165) is 41.1 Å². The summed E-state index contributed by atoms with van der Waals surface area (Å²) in [6, 6.07) is 15.6. The van der Waals surface area contributed by atoms with E-state index >= 15 is 0 Å². The first-order valence-corrected chi connectivity index (χ1v) is 10.4. The quantitative estimate of drug-likeness (QED) is 0.658. The second-order valence-electron chi connectivity index (χ2n) is 7.80. The lowest BCUT2D eigenvalue weighted by atomic mass is 9.96. The Bertz CT molecular complexity index is 1070. The number of aryl methyl sites for hydroxylation is 1. The van der Waals surface area contributed by atoms with E-state index in [2.05, 4.69) is 15.5 Å². The van der Waals surface area contributed by atoms with Crippen molar-refractivity contribution >= 4 is 17.5 Å². The number of nitrogens with zero attached hydrogens (tertiary/aromatic N) is 2. The summed E-state index contributed by atoms with van der Waals surface area (Å²) < 4.78 is 5.29. The predicted octanol–water partition coefficient (Wildman–Crippen LogP) is 3.88. The molecule has 1 aromatic heterocycles. The molecule has 1 aliphatic rings. The van der Waals surface area contributed by atoms with Gasteiger partial charge in [-0.05, 0) is 55.2 Å². The normalized spacial score (nSPS) is 16.1. The SMILES string of the molecule is COc1cccc(-c2ccc(NC(=O)[C@H]3CCCN(C(=O)c4cn[nH]c4C)C3)cc2)c1. The number of carbonyl (C=O) groups is 2. The van der Waals surface area contributed by atoms with E-state index < -0.39 is 0 Å². The summed E-state index contributed by atoms with van der Waals surface area (Å²) in [6.45, 7) is 2.89. The van der Waals surface area contributed by atoms with Crippen LogP contribution in [-0.2, 0) is 4.79 Å². The molecule has 2 N–H and O–H groups in total.